The highest BCUT2D eigenvalue weighted by Crippen LogP contribution is 2.24. The molecule has 1 aromatic carbocycles. The highest BCUT2D eigenvalue weighted by molar-refractivity contribution is 5.74. The first kappa shape index (κ1) is 18.6. The molecule has 0 saturated carbocycles. The van der Waals surface area contributed by atoms with Crippen molar-refractivity contribution in [1.29, 1.82) is 0 Å². The molecule has 5 nitrogen and oxygen atoms in total. The lowest BCUT2D eigenvalue weighted by Gasteiger charge is -2.25. The summed E-state index contributed by atoms with van der Waals surface area (Å²) in [6, 6.07) is 2.86. The van der Waals surface area contributed by atoms with Crippen molar-refractivity contribution in [2.24, 2.45) is 5.92 Å². The first-order chi connectivity index (χ1) is 11.3. The molecule has 0 bridgehead atoms. The summed E-state index contributed by atoms with van der Waals surface area (Å²) in [5.41, 5.74) is 0.522. The van der Waals surface area contributed by atoms with Gasteiger partial charge in [0.05, 0.1) is 19.3 Å². The van der Waals surface area contributed by atoms with Crippen molar-refractivity contribution in [3.8, 4) is 0 Å². The number of urea groups is 1. The lowest BCUT2D eigenvalue weighted by molar-refractivity contribution is -0.145. The minimum Gasteiger partial charge on any atom is -0.348 e. The Morgan fingerprint density at radius 2 is 1.92 bits per heavy atom. The number of carbonyl (C=O) groups excluding carboxylic acids is 1. The van der Waals surface area contributed by atoms with Crippen molar-refractivity contribution in [2.75, 3.05) is 19.8 Å². The van der Waals surface area contributed by atoms with Crippen LogP contribution in [0.25, 0.3) is 0 Å². The quantitative estimate of drug-likeness (QED) is 0.835. The number of hydrogen-bond donors (Lipinski definition) is 2. The Morgan fingerprint density at radius 3 is 2.50 bits per heavy atom. The normalized spacial score (nSPS) is 17.8. The average molecular weight is 342 g/mol. The second-order valence-corrected chi connectivity index (χ2v) is 6.38. The second kappa shape index (κ2) is 7.90. The van der Waals surface area contributed by atoms with Crippen LogP contribution in [0, 0.1) is 17.6 Å². The van der Waals surface area contributed by atoms with Crippen LogP contribution in [-0.4, -0.2) is 31.6 Å². The van der Waals surface area contributed by atoms with Crippen molar-refractivity contribution in [1.82, 2.24) is 10.6 Å². The Bertz CT molecular complexity index is 575. The van der Waals surface area contributed by atoms with Crippen molar-refractivity contribution >= 4 is 6.03 Å². The summed E-state index contributed by atoms with van der Waals surface area (Å²) in [5, 5.41) is 5.53. The molecule has 0 aliphatic carbocycles. The maximum Gasteiger partial charge on any atom is 0.315 e. The third-order valence-electron chi connectivity index (χ3n) is 4.02. The number of amides is 2. The Hall–Kier alpha value is -1.73. The average Bonchev–Trinajstić information content (AvgIpc) is 2.94. The number of hydrogen-bond acceptors (Lipinski definition) is 3. The van der Waals surface area contributed by atoms with Gasteiger partial charge in [0.1, 0.15) is 0 Å². The van der Waals surface area contributed by atoms with Crippen molar-refractivity contribution < 1.29 is 23.0 Å². The molecule has 0 unspecified atom stereocenters. The Labute approximate surface area is 140 Å². The maximum absolute atomic E-state index is 13.4. The molecule has 7 heteroatoms. The molecule has 134 valence electrons. The van der Waals surface area contributed by atoms with E-state index in [4.69, 9.17) is 9.47 Å². The van der Waals surface area contributed by atoms with E-state index in [0.29, 0.717) is 31.7 Å². The van der Waals surface area contributed by atoms with Crippen LogP contribution in [0.1, 0.15) is 38.8 Å². The summed E-state index contributed by atoms with van der Waals surface area (Å²) in [5.74, 6) is -2.48. The minimum absolute atomic E-state index is 0.0135. The van der Waals surface area contributed by atoms with Gasteiger partial charge in [0.15, 0.2) is 17.4 Å². The van der Waals surface area contributed by atoms with Crippen LogP contribution in [0.5, 0.6) is 0 Å². The van der Waals surface area contributed by atoms with E-state index in [1.807, 2.05) is 20.8 Å². The third kappa shape index (κ3) is 4.88. The highest BCUT2D eigenvalue weighted by Gasteiger charge is 2.30. The summed E-state index contributed by atoms with van der Waals surface area (Å²) in [6.07, 6.45) is 0.526. The van der Waals surface area contributed by atoms with E-state index in [1.54, 1.807) is 0 Å². The van der Waals surface area contributed by atoms with Gasteiger partial charge in [0.2, 0.25) is 0 Å². The fourth-order valence-electron chi connectivity index (χ4n) is 2.64. The molecule has 24 heavy (non-hydrogen) atoms. The highest BCUT2D eigenvalue weighted by atomic mass is 19.2. The van der Waals surface area contributed by atoms with Gasteiger partial charge in [-0.25, -0.2) is 13.6 Å². The summed E-state index contributed by atoms with van der Waals surface area (Å²) < 4.78 is 37.4. The molecule has 1 heterocycles. The van der Waals surface area contributed by atoms with Gasteiger partial charge in [-0.3, -0.25) is 0 Å². The van der Waals surface area contributed by atoms with E-state index in [9.17, 15) is 13.6 Å². The van der Waals surface area contributed by atoms with Gasteiger partial charge < -0.3 is 20.1 Å². The van der Waals surface area contributed by atoms with Gasteiger partial charge in [-0.1, -0.05) is 19.9 Å². The van der Waals surface area contributed by atoms with E-state index in [0.717, 1.165) is 12.1 Å². The predicted molar refractivity (Wildman–Crippen MR) is 85.4 cm³/mol. The molecule has 0 aromatic heterocycles. The number of ether oxygens (including phenoxy) is 2. The molecule has 0 spiro atoms. The smallest absolute Gasteiger partial charge is 0.315 e. The molecule has 2 N–H and O–H groups in total. The van der Waals surface area contributed by atoms with Crippen LogP contribution < -0.4 is 10.6 Å². The lowest BCUT2D eigenvalue weighted by atomic mass is 9.96. The molecule has 1 saturated heterocycles. The zero-order valence-corrected chi connectivity index (χ0v) is 14.2. The van der Waals surface area contributed by atoms with Gasteiger partial charge in [0.25, 0.3) is 0 Å². The Morgan fingerprint density at radius 1 is 1.25 bits per heavy atom. The molecule has 0 radical (unpaired) electrons. The maximum atomic E-state index is 13.4. The van der Waals surface area contributed by atoms with Crippen LogP contribution >= 0.6 is 0 Å². The number of rotatable bonds is 6. The van der Waals surface area contributed by atoms with Gasteiger partial charge in [-0.15, -0.1) is 0 Å². The molecule has 1 aromatic rings. The zero-order chi connectivity index (χ0) is 17.7. The monoisotopic (exact) mass is 342 g/mol. The first-order valence-corrected chi connectivity index (χ1v) is 8.08. The topological polar surface area (TPSA) is 59.6 Å². The first-order valence-electron chi connectivity index (χ1n) is 8.08. The SMILES string of the molecule is CC(C)[C@@H](NC(=O)NCCC1(C)OCCO1)c1ccc(F)c(F)c1. The van der Waals surface area contributed by atoms with Crippen LogP contribution in [0.15, 0.2) is 18.2 Å². The number of carbonyl (C=O) groups is 1. The van der Waals surface area contributed by atoms with Crippen molar-refractivity contribution in [3.05, 3.63) is 35.4 Å². The molecule has 2 amide bonds. The summed E-state index contributed by atoms with van der Waals surface area (Å²) >= 11 is 0. The van der Waals surface area contributed by atoms with E-state index >= 15 is 0 Å². The van der Waals surface area contributed by atoms with Crippen LogP contribution in [0.4, 0.5) is 13.6 Å². The van der Waals surface area contributed by atoms with E-state index in [-0.39, 0.29) is 11.9 Å². The minimum atomic E-state index is -0.927. The molecular formula is C17H24F2N2O3. The molecular weight excluding hydrogens is 318 g/mol. The summed E-state index contributed by atoms with van der Waals surface area (Å²) in [4.78, 5) is 12.1. The Kier molecular flexibility index (Phi) is 6.12. The van der Waals surface area contributed by atoms with Crippen LogP contribution in [0.2, 0.25) is 0 Å². The molecule has 2 rings (SSSR count). The van der Waals surface area contributed by atoms with E-state index in [2.05, 4.69) is 10.6 Å². The lowest BCUT2D eigenvalue weighted by Crippen LogP contribution is -2.42. The van der Waals surface area contributed by atoms with E-state index in [1.165, 1.54) is 6.07 Å². The summed E-state index contributed by atoms with van der Waals surface area (Å²) in [7, 11) is 0. The van der Waals surface area contributed by atoms with Crippen molar-refractivity contribution in [2.45, 2.75) is 39.0 Å². The van der Waals surface area contributed by atoms with Gasteiger partial charge >= 0.3 is 6.03 Å². The zero-order valence-electron chi connectivity index (χ0n) is 14.2. The van der Waals surface area contributed by atoms with Gasteiger partial charge in [-0.2, -0.15) is 0 Å². The largest absolute Gasteiger partial charge is 0.348 e. The number of halogens is 2. The van der Waals surface area contributed by atoms with E-state index < -0.39 is 23.5 Å². The number of benzene rings is 1. The molecule has 1 fully saturated rings. The molecule has 1 atom stereocenters. The Balaban J connectivity index is 1.90. The van der Waals surface area contributed by atoms with Gasteiger partial charge in [0, 0.05) is 13.0 Å². The fraction of sp³-hybridized carbons (Fsp3) is 0.588. The van der Waals surface area contributed by atoms with Crippen LogP contribution in [0.3, 0.4) is 0 Å². The van der Waals surface area contributed by atoms with Gasteiger partial charge in [-0.05, 0) is 30.5 Å². The molecule has 1 aliphatic rings. The standard InChI is InChI=1S/C17H24F2N2O3/c1-11(2)15(12-4-5-13(18)14(19)10-12)21-16(22)20-7-6-17(3)23-8-9-24-17/h4-5,10-11,15H,6-9H2,1-3H3,(H2,20,21,22)/t15-/m1/s1. The number of nitrogens with one attached hydrogen (secondary N) is 2. The molecule has 1 aliphatic heterocycles. The fourth-order valence-corrected chi connectivity index (χ4v) is 2.64. The summed E-state index contributed by atoms with van der Waals surface area (Å²) in [6.45, 7) is 7.10. The third-order valence-corrected chi connectivity index (χ3v) is 4.02. The predicted octanol–water partition coefficient (Wildman–Crippen LogP) is 3.11. The van der Waals surface area contributed by atoms with Crippen molar-refractivity contribution in [3.63, 3.8) is 0 Å². The second-order valence-electron chi connectivity index (χ2n) is 6.38. The van der Waals surface area contributed by atoms with Crippen LogP contribution in [-0.2, 0) is 9.47 Å².